The minimum atomic E-state index is -1.16. The molecular formula is C34H56N4O8. The Balaban J connectivity index is 2.02. The molecule has 0 aromatic heterocycles. The Hall–Kier alpha value is -3.67. The molecule has 2 atom stereocenters. The lowest BCUT2D eigenvalue weighted by Gasteiger charge is -2.15. The zero-order valence-electron chi connectivity index (χ0n) is 27.5. The fourth-order valence-electron chi connectivity index (χ4n) is 4.76. The van der Waals surface area contributed by atoms with Crippen LogP contribution in [0.2, 0.25) is 0 Å². The summed E-state index contributed by atoms with van der Waals surface area (Å²) in [6.45, 7) is 3.68. The van der Waals surface area contributed by atoms with Crippen molar-refractivity contribution in [3.63, 3.8) is 0 Å². The van der Waals surface area contributed by atoms with Gasteiger partial charge in [-0.2, -0.15) is 0 Å². The fraction of sp³-hybridized carbons (Fsp3) is 0.676. The number of carbonyl (C=O) groups is 5. The van der Waals surface area contributed by atoms with Crippen molar-refractivity contribution in [2.45, 2.75) is 128 Å². The number of carboxylic acid groups (broad SMARTS) is 2. The minimum Gasteiger partial charge on any atom is -0.494 e. The Morgan fingerprint density at radius 1 is 0.717 bits per heavy atom. The second-order valence-electron chi connectivity index (χ2n) is 11.7. The molecule has 260 valence electrons. The van der Waals surface area contributed by atoms with E-state index in [0.717, 1.165) is 64.2 Å². The van der Waals surface area contributed by atoms with Gasteiger partial charge < -0.3 is 36.6 Å². The minimum absolute atomic E-state index is 0.00793. The Labute approximate surface area is 273 Å². The third-order valence-electron chi connectivity index (χ3n) is 7.64. The predicted molar refractivity (Wildman–Crippen MR) is 177 cm³/mol. The molecule has 0 heterocycles. The van der Waals surface area contributed by atoms with E-state index in [9.17, 15) is 29.1 Å². The molecular weight excluding hydrogens is 592 g/mol. The van der Waals surface area contributed by atoms with E-state index < -0.39 is 24.0 Å². The highest BCUT2D eigenvalue weighted by molar-refractivity contribution is 5.87. The fourth-order valence-corrected chi connectivity index (χ4v) is 4.76. The highest BCUT2D eigenvalue weighted by Gasteiger charge is 2.21. The topological polar surface area (TPSA) is 197 Å². The third kappa shape index (κ3) is 20.4. The number of nitrogens with one attached hydrogen (secondary N) is 3. The van der Waals surface area contributed by atoms with Crippen molar-refractivity contribution in [2.24, 2.45) is 5.73 Å². The van der Waals surface area contributed by atoms with E-state index in [2.05, 4.69) is 16.0 Å². The number of unbranched alkanes of at least 4 members (excludes halogenated alkanes) is 10. The largest absolute Gasteiger partial charge is 0.494 e. The van der Waals surface area contributed by atoms with E-state index in [1.807, 2.05) is 6.92 Å². The Morgan fingerprint density at radius 3 is 1.93 bits per heavy atom. The molecule has 12 heteroatoms. The quantitative estimate of drug-likeness (QED) is 0.0706. The molecule has 0 aliphatic heterocycles. The summed E-state index contributed by atoms with van der Waals surface area (Å²) in [4.78, 5) is 58.8. The maximum absolute atomic E-state index is 12.3. The first-order chi connectivity index (χ1) is 22.1. The highest BCUT2D eigenvalue weighted by atomic mass is 16.5. The Kier molecular flexibility index (Phi) is 22.4. The molecule has 0 radical (unpaired) electrons. The maximum Gasteiger partial charge on any atom is 0.335 e. The molecule has 12 nitrogen and oxygen atoms in total. The van der Waals surface area contributed by atoms with Crippen LogP contribution in [0.25, 0.3) is 0 Å². The van der Waals surface area contributed by atoms with Gasteiger partial charge in [0.15, 0.2) is 0 Å². The zero-order chi connectivity index (χ0) is 34.0. The highest BCUT2D eigenvalue weighted by Crippen LogP contribution is 2.14. The smallest absolute Gasteiger partial charge is 0.335 e. The van der Waals surface area contributed by atoms with Crippen LogP contribution >= 0.6 is 0 Å². The lowest BCUT2D eigenvalue weighted by atomic mass is 10.1. The van der Waals surface area contributed by atoms with Gasteiger partial charge in [0.2, 0.25) is 17.7 Å². The van der Waals surface area contributed by atoms with Gasteiger partial charge in [-0.1, -0.05) is 58.3 Å². The second kappa shape index (κ2) is 25.5. The van der Waals surface area contributed by atoms with Gasteiger partial charge >= 0.3 is 11.9 Å². The average Bonchev–Trinajstić information content (AvgIpc) is 3.03. The summed E-state index contributed by atoms with van der Waals surface area (Å²) in [5, 5.41) is 26.5. The van der Waals surface area contributed by atoms with Gasteiger partial charge in [-0.25, -0.2) is 9.59 Å². The van der Waals surface area contributed by atoms with E-state index in [4.69, 9.17) is 15.6 Å². The van der Waals surface area contributed by atoms with E-state index in [-0.39, 0.29) is 42.5 Å². The summed E-state index contributed by atoms with van der Waals surface area (Å²) in [5.41, 5.74) is 6.13. The summed E-state index contributed by atoms with van der Waals surface area (Å²) in [6, 6.07) is 4.73. The van der Waals surface area contributed by atoms with Crippen molar-refractivity contribution < 1.29 is 38.9 Å². The first-order valence-electron chi connectivity index (χ1n) is 16.9. The number of aromatic carboxylic acids is 1. The molecule has 0 saturated heterocycles. The Morgan fingerprint density at radius 2 is 1.33 bits per heavy atom. The molecule has 0 saturated carbocycles. The average molecular weight is 649 g/mol. The number of carboxylic acids is 2. The van der Waals surface area contributed by atoms with E-state index in [1.165, 1.54) is 12.1 Å². The summed E-state index contributed by atoms with van der Waals surface area (Å²) < 4.78 is 5.65. The van der Waals surface area contributed by atoms with Crippen LogP contribution in [0.4, 0.5) is 0 Å². The third-order valence-corrected chi connectivity index (χ3v) is 7.64. The van der Waals surface area contributed by atoms with Gasteiger partial charge in [-0.15, -0.1) is 0 Å². The standard InChI is InChI=1S/C34H56N4O8/c1-2-3-23-37-32(41)28(35)15-12-13-24-36-30(39)22-21-29(34(44)45)38-31(40)16-11-9-7-5-4-6-8-10-14-25-46-27-19-17-26(18-20-27)33(42)43/h17-20,28-29H,2-16,21-25,35H2,1H3,(H,36,39)(H,37,41)(H,38,40)(H,42,43)(H,44,45)/t28-,29-/m0/s1. The van der Waals surface area contributed by atoms with Crippen LogP contribution in [0.15, 0.2) is 24.3 Å². The SMILES string of the molecule is CCCCNC(=O)[C@@H](N)CCCCNC(=O)CC[C@H](NC(=O)CCCCCCCCCCCOc1ccc(C(=O)O)cc1)C(=O)O. The van der Waals surface area contributed by atoms with Crippen molar-refractivity contribution in [1.82, 2.24) is 16.0 Å². The number of hydrogen-bond acceptors (Lipinski definition) is 7. The first-order valence-corrected chi connectivity index (χ1v) is 16.9. The maximum atomic E-state index is 12.3. The van der Waals surface area contributed by atoms with Crippen LogP contribution in [0.3, 0.4) is 0 Å². The molecule has 0 fully saturated rings. The number of hydrogen-bond donors (Lipinski definition) is 6. The lowest BCUT2D eigenvalue weighted by Crippen LogP contribution is -2.41. The van der Waals surface area contributed by atoms with E-state index in [0.29, 0.717) is 51.1 Å². The molecule has 7 N–H and O–H groups in total. The number of aliphatic carboxylic acids is 1. The van der Waals surface area contributed by atoms with Crippen LogP contribution in [-0.2, 0) is 19.2 Å². The summed E-state index contributed by atoms with van der Waals surface area (Å²) in [5.74, 6) is -2.20. The Bertz CT molecular complexity index is 1030. The van der Waals surface area contributed by atoms with Gasteiger partial charge in [-0.05, 0) is 69.2 Å². The molecule has 1 rings (SSSR count). The van der Waals surface area contributed by atoms with Gasteiger partial charge in [0, 0.05) is 25.9 Å². The number of nitrogens with two attached hydrogens (primary N) is 1. The molecule has 0 bridgehead atoms. The normalized spacial score (nSPS) is 12.1. The number of ether oxygens (including phenoxy) is 1. The van der Waals surface area contributed by atoms with Crippen molar-refractivity contribution >= 4 is 29.7 Å². The number of rotatable bonds is 28. The van der Waals surface area contributed by atoms with Crippen LogP contribution in [0, 0.1) is 0 Å². The molecule has 0 spiro atoms. The van der Waals surface area contributed by atoms with E-state index >= 15 is 0 Å². The van der Waals surface area contributed by atoms with Crippen LogP contribution in [0.1, 0.15) is 126 Å². The van der Waals surface area contributed by atoms with Gasteiger partial charge in [-0.3, -0.25) is 14.4 Å². The second-order valence-corrected chi connectivity index (χ2v) is 11.7. The zero-order valence-corrected chi connectivity index (χ0v) is 27.5. The summed E-state index contributed by atoms with van der Waals surface area (Å²) in [6.07, 6.45) is 13.1. The lowest BCUT2D eigenvalue weighted by molar-refractivity contribution is -0.142. The number of carbonyl (C=O) groups excluding carboxylic acids is 3. The molecule has 1 aromatic carbocycles. The van der Waals surface area contributed by atoms with Crippen molar-refractivity contribution in [2.75, 3.05) is 19.7 Å². The summed E-state index contributed by atoms with van der Waals surface area (Å²) >= 11 is 0. The van der Waals surface area contributed by atoms with Crippen LogP contribution < -0.4 is 26.4 Å². The predicted octanol–water partition coefficient (Wildman–Crippen LogP) is 4.54. The molecule has 1 aromatic rings. The van der Waals surface area contributed by atoms with Crippen molar-refractivity contribution in [3.8, 4) is 5.75 Å². The molecule has 0 unspecified atom stereocenters. The first kappa shape index (κ1) is 40.4. The van der Waals surface area contributed by atoms with Gasteiger partial charge in [0.05, 0.1) is 18.2 Å². The van der Waals surface area contributed by atoms with Crippen molar-refractivity contribution in [1.29, 1.82) is 0 Å². The monoisotopic (exact) mass is 648 g/mol. The molecule has 3 amide bonds. The van der Waals surface area contributed by atoms with Crippen LogP contribution in [-0.4, -0.2) is 71.7 Å². The number of benzene rings is 1. The van der Waals surface area contributed by atoms with Gasteiger partial charge in [0.1, 0.15) is 11.8 Å². The number of amides is 3. The van der Waals surface area contributed by atoms with E-state index in [1.54, 1.807) is 12.1 Å². The van der Waals surface area contributed by atoms with Gasteiger partial charge in [0.25, 0.3) is 0 Å². The van der Waals surface area contributed by atoms with Crippen LogP contribution in [0.5, 0.6) is 5.75 Å². The summed E-state index contributed by atoms with van der Waals surface area (Å²) in [7, 11) is 0. The molecule has 0 aliphatic carbocycles. The molecule has 0 aliphatic rings. The molecule has 46 heavy (non-hydrogen) atoms. The van der Waals surface area contributed by atoms with Crippen molar-refractivity contribution in [3.05, 3.63) is 29.8 Å².